The predicted molar refractivity (Wildman–Crippen MR) is 66.9 cm³/mol. The van der Waals surface area contributed by atoms with E-state index in [4.69, 9.17) is 5.73 Å². The minimum Gasteiger partial charge on any atom is -0.329 e. The molecule has 1 aliphatic carbocycles. The molecule has 0 amide bonds. The van der Waals surface area contributed by atoms with Crippen molar-refractivity contribution in [2.75, 3.05) is 13.1 Å². The van der Waals surface area contributed by atoms with Crippen LogP contribution in [0.5, 0.6) is 0 Å². The van der Waals surface area contributed by atoms with Gasteiger partial charge in [0.15, 0.2) is 0 Å². The zero-order valence-corrected chi connectivity index (χ0v) is 10.7. The zero-order chi connectivity index (χ0) is 11.3. The van der Waals surface area contributed by atoms with Crippen LogP contribution < -0.4 is 5.73 Å². The van der Waals surface area contributed by atoms with Crippen LogP contribution >= 0.6 is 0 Å². The van der Waals surface area contributed by atoms with E-state index in [0.29, 0.717) is 6.04 Å². The Labute approximate surface area is 95.2 Å². The molecule has 2 N–H and O–H groups in total. The Morgan fingerprint density at radius 2 is 1.80 bits per heavy atom. The summed E-state index contributed by atoms with van der Waals surface area (Å²) in [5, 5.41) is 0. The molecule has 2 heteroatoms. The fraction of sp³-hybridized carbons (Fsp3) is 1.00. The average molecular weight is 212 g/mol. The molecule has 15 heavy (non-hydrogen) atoms. The Bertz CT molecular complexity index is 162. The lowest BCUT2D eigenvalue weighted by molar-refractivity contribution is 0.141. The molecule has 0 saturated heterocycles. The normalized spacial score (nSPS) is 20.4. The number of nitrogens with two attached hydrogens (primary N) is 1. The number of hydrogen-bond acceptors (Lipinski definition) is 2. The standard InChI is InChI=1S/C13H28N2/c1-11(2)8-9-15(12(3)10-14)13-6-4-5-7-13/h11-13H,4-10,14H2,1-3H3. The van der Waals surface area contributed by atoms with Crippen molar-refractivity contribution >= 4 is 0 Å². The van der Waals surface area contributed by atoms with E-state index in [2.05, 4.69) is 25.7 Å². The summed E-state index contributed by atoms with van der Waals surface area (Å²) >= 11 is 0. The van der Waals surface area contributed by atoms with Crippen molar-refractivity contribution in [1.82, 2.24) is 4.90 Å². The van der Waals surface area contributed by atoms with Gasteiger partial charge in [-0.1, -0.05) is 26.7 Å². The molecule has 0 spiro atoms. The van der Waals surface area contributed by atoms with Crippen molar-refractivity contribution in [2.24, 2.45) is 11.7 Å². The second kappa shape index (κ2) is 6.49. The Morgan fingerprint density at radius 1 is 1.20 bits per heavy atom. The highest BCUT2D eigenvalue weighted by Gasteiger charge is 2.25. The van der Waals surface area contributed by atoms with Crippen LogP contribution in [-0.4, -0.2) is 30.1 Å². The topological polar surface area (TPSA) is 29.3 Å². The van der Waals surface area contributed by atoms with Gasteiger partial charge in [0.1, 0.15) is 0 Å². The molecular formula is C13H28N2. The number of nitrogens with zero attached hydrogens (tertiary/aromatic N) is 1. The van der Waals surface area contributed by atoms with Crippen molar-refractivity contribution in [1.29, 1.82) is 0 Å². The summed E-state index contributed by atoms with van der Waals surface area (Å²) in [4.78, 5) is 2.66. The monoisotopic (exact) mass is 212 g/mol. The van der Waals surface area contributed by atoms with Gasteiger partial charge >= 0.3 is 0 Å². The lowest BCUT2D eigenvalue weighted by atomic mass is 10.1. The van der Waals surface area contributed by atoms with Crippen molar-refractivity contribution in [3.8, 4) is 0 Å². The van der Waals surface area contributed by atoms with Gasteiger partial charge in [0.25, 0.3) is 0 Å². The smallest absolute Gasteiger partial charge is 0.0193 e. The summed E-state index contributed by atoms with van der Waals surface area (Å²) in [6, 6.07) is 1.38. The largest absolute Gasteiger partial charge is 0.329 e. The highest BCUT2D eigenvalue weighted by Crippen LogP contribution is 2.25. The van der Waals surface area contributed by atoms with Gasteiger partial charge < -0.3 is 5.73 Å². The molecule has 1 rings (SSSR count). The quantitative estimate of drug-likeness (QED) is 0.733. The lowest BCUT2D eigenvalue weighted by Crippen LogP contribution is -2.45. The molecule has 1 saturated carbocycles. The highest BCUT2D eigenvalue weighted by molar-refractivity contribution is 4.81. The Hall–Kier alpha value is -0.0800. The third-order valence-corrected chi connectivity index (χ3v) is 3.67. The van der Waals surface area contributed by atoms with Gasteiger partial charge in [-0.3, -0.25) is 4.90 Å². The first-order chi connectivity index (χ1) is 7.15. The molecule has 0 aliphatic heterocycles. The summed E-state index contributed by atoms with van der Waals surface area (Å²) in [7, 11) is 0. The van der Waals surface area contributed by atoms with Crippen molar-refractivity contribution < 1.29 is 0 Å². The van der Waals surface area contributed by atoms with Gasteiger partial charge in [-0.15, -0.1) is 0 Å². The molecule has 2 nitrogen and oxygen atoms in total. The summed E-state index contributed by atoms with van der Waals surface area (Å²) in [5.74, 6) is 0.805. The molecule has 90 valence electrons. The first-order valence-corrected chi connectivity index (χ1v) is 6.61. The summed E-state index contributed by atoms with van der Waals surface area (Å²) in [5.41, 5.74) is 5.81. The van der Waals surface area contributed by atoms with E-state index in [1.165, 1.54) is 38.6 Å². The van der Waals surface area contributed by atoms with Crippen LogP contribution in [0.1, 0.15) is 52.9 Å². The molecule has 1 fully saturated rings. The van der Waals surface area contributed by atoms with Crippen molar-refractivity contribution in [3.63, 3.8) is 0 Å². The van der Waals surface area contributed by atoms with Crippen LogP contribution in [0.4, 0.5) is 0 Å². The van der Waals surface area contributed by atoms with Crippen LogP contribution in [0.2, 0.25) is 0 Å². The molecule has 1 aliphatic rings. The maximum Gasteiger partial charge on any atom is 0.0193 e. The molecule has 0 aromatic carbocycles. The maximum atomic E-state index is 5.81. The Balaban J connectivity index is 2.44. The van der Waals surface area contributed by atoms with Crippen molar-refractivity contribution in [2.45, 2.75) is 65.0 Å². The van der Waals surface area contributed by atoms with Crippen LogP contribution in [0.3, 0.4) is 0 Å². The molecular weight excluding hydrogens is 184 g/mol. The SMILES string of the molecule is CC(C)CCN(C(C)CN)C1CCCC1. The van der Waals surface area contributed by atoms with E-state index in [0.717, 1.165) is 18.5 Å². The second-order valence-electron chi connectivity index (χ2n) is 5.44. The van der Waals surface area contributed by atoms with Gasteiger partial charge in [-0.25, -0.2) is 0 Å². The van der Waals surface area contributed by atoms with E-state index in [1.54, 1.807) is 0 Å². The van der Waals surface area contributed by atoms with E-state index in [-0.39, 0.29) is 0 Å². The minimum absolute atomic E-state index is 0.562. The first-order valence-electron chi connectivity index (χ1n) is 6.61. The second-order valence-corrected chi connectivity index (χ2v) is 5.44. The van der Waals surface area contributed by atoms with E-state index < -0.39 is 0 Å². The summed E-state index contributed by atoms with van der Waals surface area (Å²) in [6.07, 6.45) is 6.92. The van der Waals surface area contributed by atoms with E-state index >= 15 is 0 Å². The van der Waals surface area contributed by atoms with Gasteiger partial charge in [0, 0.05) is 18.6 Å². The zero-order valence-electron chi connectivity index (χ0n) is 10.7. The molecule has 0 radical (unpaired) electrons. The van der Waals surface area contributed by atoms with Crippen LogP contribution in [0.15, 0.2) is 0 Å². The molecule has 0 bridgehead atoms. The molecule has 1 atom stereocenters. The summed E-state index contributed by atoms with van der Waals surface area (Å²) in [6.45, 7) is 8.92. The first kappa shape index (κ1) is 13.0. The molecule has 1 unspecified atom stereocenters. The fourth-order valence-electron chi connectivity index (χ4n) is 2.54. The van der Waals surface area contributed by atoms with Gasteiger partial charge in [0.2, 0.25) is 0 Å². The van der Waals surface area contributed by atoms with Crippen LogP contribution in [-0.2, 0) is 0 Å². The fourth-order valence-corrected chi connectivity index (χ4v) is 2.54. The van der Waals surface area contributed by atoms with E-state index in [1.807, 2.05) is 0 Å². The predicted octanol–water partition coefficient (Wildman–Crippen LogP) is 2.62. The van der Waals surface area contributed by atoms with Crippen LogP contribution in [0.25, 0.3) is 0 Å². The molecule has 0 aromatic rings. The van der Waals surface area contributed by atoms with Crippen molar-refractivity contribution in [3.05, 3.63) is 0 Å². The molecule has 0 aromatic heterocycles. The van der Waals surface area contributed by atoms with Gasteiger partial charge in [-0.2, -0.15) is 0 Å². The third kappa shape index (κ3) is 4.12. The van der Waals surface area contributed by atoms with Gasteiger partial charge in [0.05, 0.1) is 0 Å². The third-order valence-electron chi connectivity index (χ3n) is 3.67. The van der Waals surface area contributed by atoms with Crippen LogP contribution in [0, 0.1) is 5.92 Å². The lowest BCUT2D eigenvalue weighted by Gasteiger charge is -2.34. The maximum absolute atomic E-state index is 5.81. The molecule has 0 heterocycles. The average Bonchev–Trinajstić information content (AvgIpc) is 2.70. The minimum atomic E-state index is 0.562. The van der Waals surface area contributed by atoms with Gasteiger partial charge in [-0.05, 0) is 38.6 Å². The number of hydrogen-bond donors (Lipinski definition) is 1. The highest BCUT2D eigenvalue weighted by atomic mass is 15.2. The summed E-state index contributed by atoms with van der Waals surface area (Å²) < 4.78 is 0. The Morgan fingerprint density at radius 3 is 2.27 bits per heavy atom. The van der Waals surface area contributed by atoms with E-state index in [9.17, 15) is 0 Å². The number of rotatable bonds is 6. The Kier molecular flexibility index (Phi) is 5.62.